The molecule has 1 aromatic carbocycles. The van der Waals surface area contributed by atoms with Crippen LogP contribution in [0, 0.1) is 12.8 Å². The lowest BCUT2D eigenvalue weighted by Gasteiger charge is -2.22. The summed E-state index contributed by atoms with van der Waals surface area (Å²) in [7, 11) is 0. The highest BCUT2D eigenvalue weighted by Gasteiger charge is 2.15. The first-order chi connectivity index (χ1) is 9.70. The molecular weight excluding hydrogens is 252 g/mol. The van der Waals surface area contributed by atoms with Gasteiger partial charge in [0, 0.05) is 30.9 Å². The molecule has 110 valence electrons. The second-order valence-electron chi connectivity index (χ2n) is 5.35. The number of hydrogen-bond donors (Lipinski definition) is 2. The molecule has 1 fully saturated rings. The Balaban J connectivity index is 1.89. The van der Waals surface area contributed by atoms with E-state index in [9.17, 15) is 4.79 Å². The van der Waals surface area contributed by atoms with Gasteiger partial charge < -0.3 is 15.4 Å². The van der Waals surface area contributed by atoms with Crippen LogP contribution in [0.5, 0.6) is 0 Å². The number of carbonyl (C=O) groups excluding carboxylic acids is 1. The Morgan fingerprint density at radius 2 is 2.30 bits per heavy atom. The van der Waals surface area contributed by atoms with Crippen LogP contribution in [0.1, 0.15) is 35.7 Å². The Hall–Kier alpha value is -1.55. The smallest absolute Gasteiger partial charge is 0.251 e. The van der Waals surface area contributed by atoms with E-state index < -0.39 is 0 Å². The predicted molar refractivity (Wildman–Crippen MR) is 81.2 cm³/mol. The van der Waals surface area contributed by atoms with Crippen LogP contribution in [0.3, 0.4) is 0 Å². The van der Waals surface area contributed by atoms with Crippen LogP contribution in [-0.2, 0) is 4.74 Å². The molecule has 1 atom stereocenters. The highest BCUT2D eigenvalue weighted by atomic mass is 16.5. The van der Waals surface area contributed by atoms with Crippen LogP contribution in [0.2, 0.25) is 0 Å². The molecule has 0 aromatic heterocycles. The molecule has 20 heavy (non-hydrogen) atoms. The van der Waals surface area contributed by atoms with Crippen molar-refractivity contribution in [1.29, 1.82) is 0 Å². The zero-order valence-electron chi connectivity index (χ0n) is 12.4. The molecule has 4 heteroatoms. The molecule has 0 bridgehead atoms. The van der Waals surface area contributed by atoms with Crippen molar-refractivity contribution in [3.05, 3.63) is 29.3 Å². The summed E-state index contributed by atoms with van der Waals surface area (Å²) >= 11 is 0. The van der Waals surface area contributed by atoms with E-state index in [4.69, 9.17) is 4.74 Å². The molecule has 1 aliphatic heterocycles. The van der Waals surface area contributed by atoms with E-state index in [-0.39, 0.29) is 5.91 Å². The first kappa shape index (κ1) is 14.9. The molecule has 4 nitrogen and oxygen atoms in total. The number of hydrogen-bond acceptors (Lipinski definition) is 3. The molecule has 0 saturated carbocycles. The van der Waals surface area contributed by atoms with Crippen molar-refractivity contribution in [3.63, 3.8) is 0 Å². The fraction of sp³-hybridized carbons (Fsp3) is 0.562. The second-order valence-corrected chi connectivity index (χ2v) is 5.35. The van der Waals surface area contributed by atoms with Crippen LogP contribution in [0.25, 0.3) is 0 Å². The lowest BCUT2D eigenvalue weighted by atomic mass is 10.0. The molecule has 0 spiro atoms. The van der Waals surface area contributed by atoms with Crippen LogP contribution in [0.4, 0.5) is 5.69 Å². The monoisotopic (exact) mass is 276 g/mol. The second kappa shape index (κ2) is 7.29. The maximum atomic E-state index is 12.1. The number of ether oxygens (including phenoxy) is 1. The van der Waals surface area contributed by atoms with E-state index in [1.807, 2.05) is 25.1 Å². The van der Waals surface area contributed by atoms with E-state index in [2.05, 4.69) is 17.6 Å². The molecule has 0 radical (unpaired) electrons. The van der Waals surface area contributed by atoms with Crippen molar-refractivity contribution >= 4 is 11.6 Å². The number of aryl methyl sites for hydroxylation is 1. The van der Waals surface area contributed by atoms with Crippen molar-refractivity contribution in [2.75, 3.05) is 31.6 Å². The van der Waals surface area contributed by atoms with E-state index in [0.29, 0.717) is 12.5 Å². The molecule has 1 unspecified atom stereocenters. The molecule has 1 heterocycles. The summed E-state index contributed by atoms with van der Waals surface area (Å²) in [5, 5.41) is 6.29. The van der Waals surface area contributed by atoms with Crippen molar-refractivity contribution in [3.8, 4) is 0 Å². The van der Waals surface area contributed by atoms with Gasteiger partial charge in [0.05, 0.1) is 6.61 Å². The highest BCUT2D eigenvalue weighted by molar-refractivity contribution is 5.94. The van der Waals surface area contributed by atoms with Gasteiger partial charge in [-0.1, -0.05) is 0 Å². The lowest BCUT2D eigenvalue weighted by Crippen LogP contribution is -2.33. The summed E-state index contributed by atoms with van der Waals surface area (Å²) in [6, 6.07) is 5.78. The third-order valence-electron chi connectivity index (χ3n) is 3.66. The lowest BCUT2D eigenvalue weighted by molar-refractivity contribution is 0.0536. The SMILES string of the molecule is CCNc1ccc(C(=O)NCC2CCCOC2)cc1C. The number of nitrogens with one attached hydrogen (secondary N) is 2. The molecule has 2 rings (SSSR count). The van der Waals surface area contributed by atoms with Crippen molar-refractivity contribution in [2.24, 2.45) is 5.92 Å². The molecular formula is C16H24N2O2. The van der Waals surface area contributed by atoms with Gasteiger partial charge in [-0.3, -0.25) is 4.79 Å². The van der Waals surface area contributed by atoms with Gasteiger partial charge in [0.1, 0.15) is 0 Å². The Labute approximate surface area is 120 Å². The number of rotatable bonds is 5. The number of carbonyl (C=O) groups is 1. The van der Waals surface area contributed by atoms with Gasteiger partial charge in [0.15, 0.2) is 0 Å². The van der Waals surface area contributed by atoms with Crippen molar-refractivity contribution < 1.29 is 9.53 Å². The van der Waals surface area contributed by atoms with Gasteiger partial charge in [-0.25, -0.2) is 0 Å². The van der Waals surface area contributed by atoms with E-state index in [0.717, 1.165) is 49.4 Å². The summed E-state index contributed by atoms with van der Waals surface area (Å²) in [6.07, 6.45) is 2.23. The van der Waals surface area contributed by atoms with Crippen LogP contribution in [0.15, 0.2) is 18.2 Å². The van der Waals surface area contributed by atoms with Crippen molar-refractivity contribution in [1.82, 2.24) is 5.32 Å². The fourth-order valence-electron chi connectivity index (χ4n) is 2.50. The predicted octanol–water partition coefficient (Wildman–Crippen LogP) is 2.58. The molecule has 2 N–H and O–H groups in total. The van der Waals surface area contributed by atoms with Gasteiger partial charge in [0.2, 0.25) is 0 Å². The molecule has 1 amide bonds. The summed E-state index contributed by atoms with van der Waals surface area (Å²) in [5.74, 6) is 0.455. The summed E-state index contributed by atoms with van der Waals surface area (Å²) in [6.45, 7) is 7.28. The minimum atomic E-state index is 0.00159. The standard InChI is InChI=1S/C16H24N2O2/c1-3-17-15-7-6-14(9-12(15)2)16(19)18-10-13-5-4-8-20-11-13/h6-7,9,13,17H,3-5,8,10-11H2,1-2H3,(H,18,19). The fourth-order valence-corrected chi connectivity index (χ4v) is 2.50. The number of amides is 1. The summed E-state index contributed by atoms with van der Waals surface area (Å²) < 4.78 is 5.42. The van der Waals surface area contributed by atoms with Gasteiger partial charge in [-0.2, -0.15) is 0 Å². The molecule has 1 saturated heterocycles. The summed E-state index contributed by atoms with van der Waals surface area (Å²) in [5.41, 5.74) is 2.91. The maximum Gasteiger partial charge on any atom is 0.251 e. The zero-order valence-corrected chi connectivity index (χ0v) is 12.4. The number of anilines is 1. The van der Waals surface area contributed by atoms with Gasteiger partial charge in [0.25, 0.3) is 5.91 Å². The third kappa shape index (κ3) is 3.97. The average molecular weight is 276 g/mol. The van der Waals surface area contributed by atoms with Gasteiger partial charge >= 0.3 is 0 Å². The summed E-state index contributed by atoms with van der Waals surface area (Å²) in [4.78, 5) is 12.1. The van der Waals surface area contributed by atoms with Gasteiger partial charge in [-0.05, 0) is 56.4 Å². The van der Waals surface area contributed by atoms with E-state index in [1.54, 1.807) is 0 Å². The van der Waals surface area contributed by atoms with Crippen LogP contribution in [-0.4, -0.2) is 32.2 Å². The minimum Gasteiger partial charge on any atom is -0.385 e. The molecule has 1 aromatic rings. The minimum absolute atomic E-state index is 0.00159. The topological polar surface area (TPSA) is 50.4 Å². The molecule has 0 aliphatic carbocycles. The van der Waals surface area contributed by atoms with Crippen molar-refractivity contribution in [2.45, 2.75) is 26.7 Å². The number of benzene rings is 1. The first-order valence-corrected chi connectivity index (χ1v) is 7.41. The highest BCUT2D eigenvalue weighted by Crippen LogP contribution is 2.17. The Morgan fingerprint density at radius 3 is 2.95 bits per heavy atom. The van der Waals surface area contributed by atoms with E-state index >= 15 is 0 Å². The normalized spacial score (nSPS) is 18.6. The van der Waals surface area contributed by atoms with Crippen LogP contribution >= 0.6 is 0 Å². The maximum absolute atomic E-state index is 12.1. The largest absolute Gasteiger partial charge is 0.385 e. The van der Waals surface area contributed by atoms with E-state index in [1.165, 1.54) is 0 Å². The first-order valence-electron chi connectivity index (χ1n) is 7.41. The van der Waals surface area contributed by atoms with Crippen LogP contribution < -0.4 is 10.6 Å². The Morgan fingerprint density at radius 1 is 1.45 bits per heavy atom. The third-order valence-corrected chi connectivity index (χ3v) is 3.66. The molecule has 1 aliphatic rings. The quantitative estimate of drug-likeness (QED) is 0.869. The Kier molecular flexibility index (Phi) is 5.41. The average Bonchev–Trinajstić information content (AvgIpc) is 2.48. The van der Waals surface area contributed by atoms with Gasteiger partial charge in [-0.15, -0.1) is 0 Å². The zero-order chi connectivity index (χ0) is 14.4. The Bertz CT molecular complexity index is 454.